The van der Waals surface area contributed by atoms with Crippen LogP contribution in [-0.4, -0.2) is 31.3 Å². The van der Waals surface area contributed by atoms with Crippen molar-refractivity contribution in [2.45, 2.75) is 13.8 Å². The van der Waals surface area contributed by atoms with Gasteiger partial charge in [0, 0.05) is 23.5 Å². The molecule has 0 aliphatic rings. The monoisotopic (exact) mass is 435 g/mol. The molecular weight excluding hydrogens is 410 g/mol. The van der Waals surface area contributed by atoms with E-state index in [0.717, 1.165) is 0 Å². The summed E-state index contributed by atoms with van der Waals surface area (Å²) in [4.78, 5) is 29.3. The van der Waals surface area contributed by atoms with Crippen LogP contribution in [0.4, 0.5) is 32.3 Å². The highest BCUT2D eigenvalue weighted by molar-refractivity contribution is 6.02. The summed E-state index contributed by atoms with van der Waals surface area (Å²) in [5.74, 6) is 1.26. The number of amides is 4. The zero-order valence-corrected chi connectivity index (χ0v) is 18.3. The van der Waals surface area contributed by atoms with Gasteiger partial charge in [-0.1, -0.05) is 12.1 Å². The standard InChI is InChI=1S/C23H25N5O4/c1-14-20(27-22(29)25-16-7-5-9-18(11-16)31-3)13-21(15(2)24-14)28-23(30)26-17-8-6-10-19(12-17)32-4/h5-13H,1-4H3,(H2,25,27,29)(H2,26,28,30). The second-order valence-electron chi connectivity index (χ2n) is 6.88. The molecule has 3 rings (SSSR count). The molecule has 166 valence electrons. The maximum atomic E-state index is 12.5. The van der Waals surface area contributed by atoms with Gasteiger partial charge < -0.3 is 30.7 Å². The Kier molecular flexibility index (Phi) is 7.12. The third-order valence-electron chi connectivity index (χ3n) is 4.56. The number of anilines is 4. The third kappa shape index (κ3) is 5.88. The van der Waals surface area contributed by atoms with E-state index in [1.54, 1.807) is 82.7 Å². The van der Waals surface area contributed by atoms with E-state index in [-0.39, 0.29) is 0 Å². The van der Waals surface area contributed by atoms with Gasteiger partial charge in [-0.05, 0) is 44.2 Å². The number of nitrogens with zero attached hydrogens (tertiary/aromatic N) is 1. The molecule has 9 nitrogen and oxygen atoms in total. The highest BCUT2D eigenvalue weighted by atomic mass is 16.5. The molecule has 9 heteroatoms. The molecule has 0 aliphatic carbocycles. The van der Waals surface area contributed by atoms with Gasteiger partial charge in [0.15, 0.2) is 0 Å². The molecule has 2 aromatic carbocycles. The van der Waals surface area contributed by atoms with Crippen LogP contribution in [0.15, 0.2) is 54.6 Å². The van der Waals surface area contributed by atoms with Crippen molar-refractivity contribution < 1.29 is 19.1 Å². The van der Waals surface area contributed by atoms with Crippen LogP contribution in [0, 0.1) is 13.8 Å². The van der Waals surface area contributed by atoms with Crippen LogP contribution in [0.2, 0.25) is 0 Å². The minimum atomic E-state index is -0.446. The number of ether oxygens (including phenoxy) is 2. The van der Waals surface area contributed by atoms with E-state index in [2.05, 4.69) is 26.3 Å². The molecular formula is C23H25N5O4. The first-order valence-corrected chi connectivity index (χ1v) is 9.80. The van der Waals surface area contributed by atoms with Crippen LogP contribution in [0.1, 0.15) is 11.4 Å². The highest BCUT2D eigenvalue weighted by Gasteiger charge is 2.12. The molecule has 32 heavy (non-hydrogen) atoms. The number of benzene rings is 2. The Labute approximate surface area is 186 Å². The molecule has 0 bridgehead atoms. The van der Waals surface area contributed by atoms with E-state index in [0.29, 0.717) is 45.6 Å². The van der Waals surface area contributed by atoms with Gasteiger partial charge in [-0.25, -0.2) is 9.59 Å². The third-order valence-corrected chi connectivity index (χ3v) is 4.56. The van der Waals surface area contributed by atoms with E-state index in [4.69, 9.17) is 9.47 Å². The van der Waals surface area contributed by atoms with Crippen LogP contribution >= 0.6 is 0 Å². The summed E-state index contributed by atoms with van der Waals surface area (Å²) in [6.07, 6.45) is 0. The van der Waals surface area contributed by atoms with Crippen molar-refractivity contribution in [2.75, 3.05) is 35.5 Å². The first kappa shape index (κ1) is 22.4. The number of carbonyl (C=O) groups excluding carboxylic acids is 2. The Morgan fingerprint density at radius 1 is 0.688 bits per heavy atom. The Hall–Kier alpha value is -4.27. The van der Waals surface area contributed by atoms with Crippen molar-refractivity contribution in [3.8, 4) is 11.5 Å². The van der Waals surface area contributed by atoms with Gasteiger partial charge in [-0.15, -0.1) is 0 Å². The molecule has 0 unspecified atom stereocenters. The Morgan fingerprint density at radius 2 is 1.12 bits per heavy atom. The molecule has 0 spiro atoms. The van der Waals surface area contributed by atoms with Crippen molar-refractivity contribution in [3.05, 3.63) is 66.0 Å². The average molecular weight is 435 g/mol. The number of nitrogens with one attached hydrogen (secondary N) is 4. The maximum absolute atomic E-state index is 12.5. The number of rotatable bonds is 6. The number of aromatic nitrogens is 1. The first-order chi connectivity index (χ1) is 15.4. The summed E-state index contributed by atoms with van der Waals surface area (Å²) >= 11 is 0. The minimum absolute atomic E-state index is 0.446. The molecule has 4 N–H and O–H groups in total. The number of hydrogen-bond donors (Lipinski definition) is 4. The van der Waals surface area contributed by atoms with E-state index >= 15 is 0 Å². The zero-order valence-electron chi connectivity index (χ0n) is 18.3. The van der Waals surface area contributed by atoms with Gasteiger partial charge >= 0.3 is 12.1 Å². The van der Waals surface area contributed by atoms with Gasteiger partial charge in [-0.3, -0.25) is 4.98 Å². The molecule has 0 atom stereocenters. The molecule has 0 saturated carbocycles. The molecule has 0 fully saturated rings. The van der Waals surface area contributed by atoms with E-state index in [1.165, 1.54) is 0 Å². The summed E-state index contributed by atoms with van der Waals surface area (Å²) in [5.41, 5.74) is 3.32. The maximum Gasteiger partial charge on any atom is 0.323 e. The lowest BCUT2D eigenvalue weighted by molar-refractivity contribution is 0.261. The van der Waals surface area contributed by atoms with Gasteiger partial charge in [0.25, 0.3) is 0 Å². The summed E-state index contributed by atoms with van der Waals surface area (Å²) in [5, 5.41) is 11.0. The Bertz CT molecular complexity index is 1050. The summed E-state index contributed by atoms with van der Waals surface area (Å²) in [6, 6.07) is 14.8. The summed E-state index contributed by atoms with van der Waals surface area (Å²) in [7, 11) is 3.11. The molecule has 4 amide bonds. The van der Waals surface area contributed by atoms with Crippen molar-refractivity contribution in [1.82, 2.24) is 4.98 Å². The first-order valence-electron chi connectivity index (χ1n) is 9.80. The van der Waals surface area contributed by atoms with Crippen molar-refractivity contribution in [2.24, 2.45) is 0 Å². The molecule has 1 heterocycles. The predicted octanol–water partition coefficient (Wildman–Crippen LogP) is 5.00. The second kappa shape index (κ2) is 10.2. The van der Waals surface area contributed by atoms with Crippen LogP contribution in [0.5, 0.6) is 11.5 Å². The Morgan fingerprint density at radius 3 is 1.53 bits per heavy atom. The number of carbonyl (C=O) groups is 2. The molecule has 0 saturated heterocycles. The minimum Gasteiger partial charge on any atom is -0.497 e. The lowest BCUT2D eigenvalue weighted by Crippen LogP contribution is -2.22. The number of methoxy groups -OCH3 is 2. The smallest absolute Gasteiger partial charge is 0.323 e. The van der Waals surface area contributed by atoms with E-state index < -0.39 is 12.1 Å². The molecule has 1 aromatic heterocycles. The van der Waals surface area contributed by atoms with Gasteiger partial charge in [0.05, 0.1) is 37.0 Å². The van der Waals surface area contributed by atoms with Gasteiger partial charge in [-0.2, -0.15) is 0 Å². The highest BCUT2D eigenvalue weighted by Crippen LogP contribution is 2.23. The number of aryl methyl sites for hydroxylation is 2. The van der Waals surface area contributed by atoms with Crippen LogP contribution in [0.3, 0.4) is 0 Å². The summed E-state index contributed by atoms with van der Waals surface area (Å²) in [6.45, 7) is 3.54. The fourth-order valence-electron chi connectivity index (χ4n) is 2.95. The fourth-order valence-corrected chi connectivity index (χ4v) is 2.95. The average Bonchev–Trinajstić information content (AvgIpc) is 2.77. The van der Waals surface area contributed by atoms with Gasteiger partial charge in [0.2, 0.25) is 0 Å². The summed E-state index contributed by atoms with van der Waals surface area (Å²) < 4.78 is 10.3. The SMILES string of the molecule is COc1cccc(NC(=O)Nc2cc(NC(=O)Nc3cccc(OC)c3)c(C)nc2C)c1. The number of hydrogen-bond acceptors (Lipinski definition) is 5. The second-order valence-corrected chi connectivity index (χ2v) is 6.88. The molecule has 0 aliphatic heterocycles. The predicted molar refractivity (Wildman–Crippen MR) is 125 cm³/mol. The molecule has 3 aromatic rings. The molecule has 0 radical (unpaired) electrons. The fraction of sp³-hybridized carbons (Fsp3) is 0.174. The van der Waals surface area contributed by atoms with Crippen LogP contribution in [-0.2, 0) is 0 Å². The van der Waals surface area contributed by atoms with Crippen LogP contribution < -0.4 is 30.7 Å². The topological polar surface area (TPSA) is 114 Å². The zero-order chi connectivity index (χ0) is 23.1. The van der Waals surface area contributed by atoms with Crippen molar-refractivity contribution in [1.29, 1.82) is 0 Å². The van der Waals surface area contributed by atoms with E-state index in [1.807, 2.05) is 0 Å². The van der Waals surface area contributed by atoms with E-state index in [9.17, 15) is 9.59 Å². The quantitative estimate of drug-likeness (QED) is 0.435. The lowest BCUT2D eigenvalue weighted by Gasteiger charge is -2.15. The largest absolute Gasteiger partial charge is 0.497 e. The van der Waals surface area contributed by atoms with Crippen LogP contribution in [0.25, 0.3) is 0 Å². The number of urea groups is 2. The van der Waals surface area contributed by atoms with Crippen molar-refractivity contribution >= 4 is 34.8 Å². The number of pyridine rings is 1. The Balaban J connectivity index is 1.69. The van der Waals surface area contributed by atoms with Crippen molar-refractivity contribution in [3.63, 3.8) is 0 Å². The normalized spacial score (nSPS) is 10.1. The lowest BCUT2D eigenvalue weighted by atomic mass is 10.2. The van der Waals surface area contributed by atoms with Gasteiger partial charge in [0.1, 0.15) is 11.5 Å².